The smallest absolute Gasteiger partial charge is 0.269 e. The van der Waals surface area contributed by atoms with Crippen molar-refractivity contribution in [3.8, 4) is 17.4 Å². The van der Waals surface area contributed by atoms with Crippen molar-refractivity contribution in [3.63, 3.8) is 0 Å². The van der Waals surface area contributed by atoms with Crippen LogP contribution >= 0.6 is 0 Å². The lowest BCUT2D eigenvalue weighted by atomic mass is 10.1. The average molecular weight is 379 g/mol. The van der Waals surface area contributed by atoms with Crippen LogP contribution in [0, 0.1) is 0 Å². The monoisotopic (exact) mass is 379 g/mol. The molecule has 0 unspecified atom stereocenters. The lowest BCUT2D eigenvalue weighted by Gasteiger charge is -2.08. The third kappa shape index (κ3) is 3.73. The molecule has 0 aliphatic heterocycles. The number of nitrogens with zero attached hydrogens (tertiary/aromatic N) is 3. The molecule has 0 fully saturated rings. The zero-order valence-electron chi connectivity index (χ0n) is 15.8. The second-order valence-corrected chi connectivity index (χ2v) is 6.05. The van der Waals surface area contributed by atoms with Crippen LogP contribution in [0.15, 0.2) is 65.3 Å². The number of allylic oxidation sites excluding steroid dienone is 1. The molecule has 3 aromatic rings. The molecule has 0 aliphatic carbocycles. The van der Waals surface area contributed by atoms with E-state index in [9.17, 15) is 9.90 Å². The lowest BCUT2D eigenvalue weighted by Crippen LogP contribution is -1.99. The fourth-order valence-electron chi connectivity index (χ4n) is 2.99. The van der Waals surface area contributed by atoms with Gasteiger partial charge in [-0.25, -0.2) is 0 Å². The number of hydrogen-bond acceptors (Lipinski definition) is 5. The predicted molar refractivity (Wildman–Crippen MR) is 107 cm³/mol. The zero-order chi connectivity index (χ0) is 20.1. The van der Waals surface area contributed by atoms with Gasteiger partial charge in [0.2, 0.25) is 5.88 Å². The minimum absolute atomic E-state index is 0.0515. The van der Waals surface area contributed by atoms with Gasteiger partial charge in [0.05, 0.1) is 26.2 Å². The molecule has 0 saturated heterocycles. The summed E-state index contributed by atoms with van der Waals surface area (Å²) in [7, 11) is 3.08. The van der Waals surface area contributed by atoms with Crippen LogP contribution in [-0.4, -0.2) is 29.8 Å². The van der Waals surface area contributed by atoms with Gasteiger partial charge in [-0.05, 0) is 23.8 Å². The van der Waals surface area contributed by atoms with Gasteiger partial charge < -0.3 is 19.1 Å². The van der Waals surface area contributed by atoms with Gasteiger partial charge in [0, 0.05) is 11.9 Å². The molecule has 1 heterocycles. The van der Waals surface area contributed by atoms with E-state index < -0.39 is 5.91 Å². The Balaban J connectivity index is 1.85. The first-order valence-corrected chi connectivity index (χ1v) is 8.65. The highest BCUT2D eigenvalue weighted by Crippen LogP contribution is 2.38. The Kier molecular flexibility index (Phi) is 5.74. The van der Waals surface area contributed by atoms with Crippen molar-refractivity contribution < 1.29 is 19.4 Å². The minimum atomic E-state index is -0.438. The molecule has 3 rings (SSSR count). The van der Waals surface area contributed by atoms with Crippen molar-refractivity contribution in [3.05, 3.63) is 60.7 Å². The van der Waals surface area contributed by atoms with Crippen molar-refractivity contribution in [2.75, 3.05) is 14.2 Å². The number of carbonyl (C=O) groups excluding carboxylic acids is 1. The topological polar surface area (TPSA) is 85.4 Å². The molecule has 0 radical (unpaired) electrons. The van der Waals surface area contributed by atoms with Crippen molar-refractivity contribution in [2.45, 2.75) is 13.0 Å². The van der Waals surface area contributed by atoms with Crippen molar-refractivity contribution in [2.24, 2.45) is 10.2 Å². The first-order valence-electron chi connectivity index (χ1n) is 8.65. The molecule has 0 spiro atoms. The fourth-order valence-corrected chi connectivity index (χ4v) is 2.99. The number of methoxy groups -OCH3 is 2. The first-order chi connectivity index (χ1) is 13.6. The van der Waals surface area contributed by atoms with E-state index in [4.69, 9.17) is 9.47 Å². The van der Waals surface area contributed by atoms with Crippen LogP contribution in [0.25, 0.3) is 10.9 Å². The van der Waals surface area contributed by atoms with Gasteiger partial charge in [-0.15, -0.1) is 16.8 Å². The van der Waals surface area contributed by atoms with Crippen molar-refractivity contribution in [1.82, 2.24) is 4.57 Å². The van der Waals surface area contributed by atoms with Crippen LogP contribution in [0.2, 0.25) is 0 Å². The van der Waals surface area contributed by atoms with E-state index in [1.54, 1.807) is 36.0 Å². The molecule has 0 aliphatic rings. The summed E-state index contributed by atoms with van der Waals surface area (Å²) in [5.41, 5.74) is 1.78. The van der Waals surface area contributed by atoms with Crippen LogP contribution in [0.1, 0.15) is 5.56 Å². The van der Waals surface area contributed by atoms with E-state index in [2.05, 4.69) is 16.8 Å². The number of aromatic hydroxyl groups is 1. The van der Waals surface area contributed by atoms with Gasteiger partial charge in [0.15, 0.2) is 17.2 Å². The molecule has 0 bridgehead atoms. The Morgan fingerprint density at radius 2 is 1.93 bits per heavy atom. The fraction of sp³-hybridized carbons (Fsp3) is 0.190. The lowest BCUT2D eigenvalue weighted by molar-refractivity contribution is -0.117. The number of para-hydroxylation sites is 1. The highest BCUT2D eigenvalue weighted by atomic mass is 16.5. The number of amides is 1. The van der Waals surface area contributed by atoms with Crippen LogP contribution in [0.4, 0.5) is 5.69 Å². The molecule has 0 saturated carbocycles. The number of azo groups is 1. The first kappa shape index (κ1) is 19.2. The number of rotatable bonds is 7. The Hall–Kier alpha value is -3.61. The maximum absolute atomic E-state index is 12.3. The summed E-state index contributed by atoms with van der Waals surface area (Å²) in [5.74, 6) is 0.631. The molecular weight excluding hydrogens is 358 g/mol. The van der Waals surface area contributed by atoms with Gasteiger partial charge in [-0.2, -0.15) is 0 Å². The summed E-state index contributed by atoms with van der Waals surface area (Å²) in [6.45, 7) is 4.12. The summed E-state index contributed by atoms with van der Waals surface area (Å²) in [6.07, 6.45) is 1.73. The van der Waals surface area contributed by atoms with Gasteiger partial charge in [0.1, 0.15) is 0 Å². The maximum Gasteiger partial charge on any atom is 0.269 e. The molecule has 1 aromatic heterocycles. The SMILES string of the molecule is C=CCn1c(O)c(N=NC(=O)Cc2ccc(OC)c(OC)c2)c2ccccc21. The normalized spacial score (nSPS) is 11.1. The van der Waals surface area contributed by atoms with E-state index in [1.165, 1.54) is 7.11 Å². The number of fused-ring (bicyclic) bond motifs is 1. The number of aromatic nitrogens is 1. The van der Waals surface area contributed by atoms with Crippen molar-refractivity contribution in [1.29, 1.82) is 0 Å². The maximum atomic E-state index is 12.3. The molecular formula is C21H21N3O4. The summed E-state index contributed by atoms with van der Waals surface area (Å²) in [4.78, 5) is 12.3. The molecule has 0 atom stereocenters. The van der Waals surface area contributed by atoms with Crippen LogP contribution in [-0.2, 0) is 17.8 Å². The Bertz CT molecular complexity index is 1050. The highest BCUT2D eigenvalue weighted by Gasteiger charge is 2.16. The molecule has 1 N–H and O–H groups in total. The molecule has 1 amide bonds. The summed E-state index contributed by atoms with van der Waals surface area (Å²) >= 11 is 0. The Morgan fingerprint density at radius 3 is 2.64 bits per heavy atom. The quantitative estimate of drug-likeness (QED) is 0.487. The number of carbonyl (C=O) groups is 1. The summed E-state index contributed by atoms with van der Waals surface area (Å²) in [5, 5.41) is 19.0. The molecule has 144 valence electrons. The second kappa shape index (κ2) is 8.39. The Morgan fingerprint density at radius 1 is 1.18 bits per heavy atom. The van der Waals surface area contributed by atoms with E-state index in [-0.39, 0.29) is 18.0 Å². The largest absolute Gasteiger partial charge is 0.493 e. The van der Waals surface area contributed by atoms with Crippen LogP contribution in [0.5, 0.6) is 17.4 Å². The van der Waals surface area contributed by atoms with Gasteiger partial charge >= 0.3 is 0 Å². The molecule has 7 heteroatoms. The van der Waals surface area contributed by atoms with E-state index in [1.807, 2.05) is 24.3 Å². The highest BCUT2D eigenvalue weighted by molar-refractivity contribution is 5.95. The molecule has 7 nitrogen and oxygen atoms in total. The van der Waals surface area contributed by atoms with Gasteiger partial charge in [-0.1, -0.05) is 30.3 Å². The summed E-state index contributed by atoms with van der Waals surface area (Å²) in [6, 6.07) is 12.6. The number of ether oxygens (including phenoxy) is 2. The van der Waals surface area contributed by atoms with Gasteiger partial charge in [-0.3, -0.25) is 4.79 Å². The van der Waals surface area contributed by atoms with E-state index in [0.29, 0.717) is 23.4 Å². The molecule has 28 heavy (non-hydrogen) atoms. The third-order valence-electron chi connectivity index (χ3n) is 4.29. The van der Waals surface area contributed by atoms with E-state index >= 15 is 0 Å². The standard InChI is InChI=1S/C21H21N3O4/c1-4-11-24-16-8-6-5-7-15(16)20(21(24)26)23-22-19(25)13-14-9-10-17(27-2)18(12-14)28-3/h4-10,12,26H,1,11,13H2,2-3H3. The third-order valence-corrected chi connectivity index (χ3v) is 4.29. The Labute approximate surface area is 162 Å². The van der Waals surface area contributed by atoms with Crippen molar-refractivity contribution >= 4 is 22.5 Å². The minimum Gasteiger partial charge on any atom is -0.493 e. The average Bonchev–Trinajstić information content (AvgIpc) is 2.98. The van der Waals surface area contributed by atoms with Crippen LogP contribution in [0.3, 0.4) is 0 Å². The summed E-state index contributed by atoms with van der Waals surface area (Å²) < 4.78 is 12.1. The number of hydrogen-bond donors (Lipinski definition) is 1. The van der Waals surface area contributed by atoms with E-state index in [0.717, 1.165) is 11.1 Å². The molecule has 2 aromatic carbocycles. The van der Waals surface area contributed by atoms with Gasteiger partial charge in [0.25, 0.3) is 5.91 Å². The second-order valence-electron chi connectivity index (χ2n) is 6.05. The number of benzene rings is 2. The van der Waals surface area contributed by atoms with Crippen LogP contribution < -0.4 is 9.47 Å². The zero-order valence-corrected chi connectivity index (χ0v) is 15.8. The predicted octanol–water partition coefficient (Wildman–Crippen LogP) is 4.40.